The Labute approximate surface area is 156 Å². The number of amides is 2. The van der Waals surface area contributed by atoms with Crippen LogP contribution >= 0.6 is 11.6 Å². The predicted octanol–water partition coefficient (Wildman–Crippen LogP) is 3.03. The Morgan fingerprint density at radius 3 is 2.19 bits per heavy atom. The number of anilines is 1. The Morgan fingerprint density at radius 1 is 0.962 bits per heavy atom. The van der Waals surface area contributed by atoms with E-state index in [-0.39, 0.29) is 0 Å². The van der Waals surface area contributed by atoms with Crippen LogP contribution in [0, 0.1) is 0 Å². The van der Waals surface area contributed by atoms with E-state index >= 15 is 0 Å². The minimum absolute atomic E-state index is 0.395. The third-order valence-corrected chi connectivity index (χ3v) is 3.76. The van der Waals surface area contributed by atoms with E-state index in [1.807, 2.05) is 0 Å². The van der Waals surface area contributed by atoms with E-state index < -0.39 is 29.9 Å². The van der Waals surface area contributed by atoms with E-state index in [4.69, 9.17) is 16.3 Å². The highest BCUT2D eigenvalue weighted by atomic mass is 35.5. The van der Waals surface area contributed by atoms with Gasteiger partial charge < -0.3 is 15.4 Å². The zero-order valence-electron chi connectivity index (χ0n) is 14.4. The molecule has 26 heavy (non-hydrogen) atoms. The maximum atomic E-state index is 12.1. The van der Waals surface area contributed by atoms with E-state index in [1.54, 1.807) is 54.6 Å². The van der Waals surface area contributed by atoms with Crippen molar-refractivity contribution < 1.29 is 19.1 Å². The SMILES string of the molecule is C[C@H](NC(=O)c1ccccc1)C(=O)O[C@@H](C)C(=O)Nc1ccc(Cl)cc1. The summed E-state index contributed by atoms with van der Waals surface area (Å²) in [6.07, 6.45) is -1.02. The summed E-state index contributed by atoms with van der Waals surface area (Å²) in [7, 11) is 0. The summed E-state index contributed by atoms with van der Waals surface area (Å²) in [5.74, 6) is -1.58. The number of carbonyl (C=O) groups excluding carboxylic acids is 3. The van der Waals surface area contributed by atoms with Gasteiger partial charge in [0.25, 0.3) is 11.8 Å². The molecular weight excluding hydrogens is 356 g/mol. The Morgan fingerprint density at radius 2 is 1.58 bits per heavy atom. The molecule has 0 saturated heterocycles. The average Bonchev–Trinajstić information content (AvgIpc) is 2.64. The van der Waals surface area contributed by atoms with Gasteiger partial charge in [-0.25, -0.2) is 4.79 Å². The number of hydrogen-bond donors (Lipinski definition) is 2. The van der Waals surface area contributed by atoms with Gasteiger partial charge in [-0.05, 0) is 50.2 Å². The first kappa shape index (κ1) is 19.5. The van der Waals surface area contributed by atoms with Gasteiger partial charge in [0.05, 0.1) is 0 Å². The smallest absolute Gasteiger partial charge is 0.329 e. The maximum absolute atomic E-state index is 12.1. The maximum Gasteiger partial charge on any atom is 0.329 e. The molecular formula is C19H19ClN2O4. The van der Waals surface area contributed by atoms with E-state index in [0.29, 0.717) is 16.3 Å². The van der Waals surface area contributed by atoms with Crippen LogP contribution < -0.4 is 10.6 Å². The van der Waals surface area contributed by atoms with Crippen molar-refractivity contribution in [2.45, 2.75) is 26.0 Å². The number of esters is 1. The van der Waals surface area contributed by atoms with Gasteiger partial charge in [-0.1, -0.05) is 29.8 Å². The molecule has 136 valence electrons. The van der Waals surface area contributed by atoms with Gasteiger partial charge in [0, 0.05) is 16.3 Å². The fourth-order valence-electron chi connectivity index (χ4n) is 2.04. The number of carbonyl (C=O) groups is 3. The number of nitrogens with one attached hydrogen (secondary N) is 2. The summed E-state index contributed by atoms with van der Waals surface area (Å²) in [6.45, 7) is 2.95. The third kappa shape index (κ3) is 5.60. The largest absolute Gasteiger partial charge is 0.451 e. The van der Waals surface area contributed by atoms with Crippen LogP contribution in [0.2, 0.25) is 5.02 Å². The molecule has 0 aromatic heterocycles. The Bertz CT molecular complexity index is 778. The molecule has 7 heteroatoms. The lowest BCUT2D eigenvalue weighted by atomic mass is 10.2. The fourth-order valence-corrected chi connectivity index (χ4v) is 2.16. The van der Waals surface area contributed by atoms with E-state index in [1.165, 1.54) is 13.8 Å². The van der Waals surface area contributed by atoms with Crippen LogP contribution in [0.1, 0.15) is 24.2 Å². The van der Waals surface area contributed by atoms with Gasteiger partial charge in [-0.15, -0.1) is 0 Å². The molecule has 2 atom stereocenters. The van der Waals surface area contributed by atoms with Crippen molar-refractivity contribution in [3.63, 3.8) is 0 Å². The minimum Gasteiger partial charge on any atom is -0.451 e. The Kier molecular flexibility index (Phi) is 6.74. The van der Waals surface area contributed by atoms with Crippen molar-refractivity contribution in [2.24, 2.45) is 0 Å². The number of halogens is 1. The highest BCUT2D eigenvalue weighted by molar-refractivity contribution is 6.30. The second-order valence-corrected chi connectivity index (χ2v) is 6.07. The molecule has 0 unspecified atom stereocenters. The second kappa shape index (κ2) is 9.01. The molecule has 2 aromatic carbocycles. The first-order valence-corrected chi connectivity index (χ1v) is 8.37. The molecule has 2 aromatic rings. The molecule has 0 aliphatic rings. The molecule has 0 aliphatic carbocycles. The summed E-state index contributed by atoms with van der Waals surface area (Å²) in [5.41, 5.74) is 0.966. The fraction of sp³-hybridized carbons (Fsp3) is 0.211. The van der Waals surface area contributed by atoms with Crippen LogP contribution in [0.15, 0.2) is 54.6 Å². The lowest BCUT2D eigenvalue weighted by Gasteiger charge is -2.17. The lowest BCUT2D eigenvalue weighted by Crippen LogP contribution is -2.42. The summed E-state index contributed by atoms with van der Waals surface area (Å²) >= 11 is 5.78. The predicted molar refractivity (Wildman–Crippen MR) is 99.0 cm³/mol. The summed E-state index contributed by atoms with van der Waals surface area (Å²) in [6, 6.07) is 14.1. The average molecular weight is 375 g/mol. The van der Waals surface area contributed by atoms with Crippen molar-refractivity contribution in [1.82, 2.24) is 5.32 Å². The summed E-state index contributed by atoms with van der Waals surface area (Å²) in [5, 5.41) is 5.70. The van der Waals surface area contributed by atoms with Gasteiger partial charge in [-0.2, -0.15) is 0 Å². The first-order chi connectivity index (χ1) is 12.4. The van der Waals surface area contributed by atoms with Crippen molar-refractivity contribution in [3.8, 4) is 0 Å². The Hall–Kier alpha value is -2.86. The van der Waals surface area contributed by atoms with Crippen LogP contribution in [0.25, 0.3) is 0 Å². The first-order valence-electron chi connectivity index (χ1n) is 7.99. The summed E-state index contributed by atoms with van der Waals surface area (Å²) in [4.78, 5) is 36.2. The molecule has 2 N–H and O–H groups in total. The molecule has 6 nitrogen and oxygen atoms in total. The molecule has 2 amide bonds. The van der Waals surface area contributed by atoms with Gasteiger partial charge in [-0.3, -0.25) is 9.59 Å². The quantitative estimate of drug-likeness (QED) is 0.761. The van der Waals surface area contributed by atoms with Crippen LogP contribution in [-0.2, 0) is 14.3 Å². The molecule has 0 spiro atoms. The van der Waals surface area contributed by atoms with Gasteiger partial charge in [0.1, 0.15) is 6.04 Å². The van der Waals surface area contributed by atoms with Gasteiger partial charge in [0.2, 0.25) is 0 Å². The standard InChI is InChI=1S/C19H19ClN2O4/c1-12(21-18(24)14-6-4-3-5-7-14)19(25)26-13(2)17(23)22-16-10-8-15(20)9-11-16/h3-13H,1-2H3,(H,21,24)(H,22,23)/t12-,13-/m0/s1. The van der Waals surface area contributed by atoms with Crippen LogP contribution in [0.3, 0.4) is 0 Å². The normalized spacial score (nSPS) is 12.6. The molecule has 0 aliphatic heterocycles. The van der Waals surface area contributed by atoms with Crippen LogP contribution in [0.4, 0.5) is 5.69 Å². The summed E-state index contributed by atoms with van der Waals surface area (Å²) < 4.78 is 5.11. The lowest BCUT2D eigenvalue weighted by molar-refractivity contribution is -0.154. The molecule has 0 fully saturated rings. The van der Waals surface area contributed by atoms with Crippen LogP contribution in [-0.4, -0.2) is 29.9 Å². The Balaban J connectivity index is 1.86. The van der Waals surface area contributed by atoms with Crippen LogP contribution in [0.5, 0.6) is 0 Å². The van der Waals surface area contributed by atoms with E-state index in [0.717, 1.165) is 0 Å². The second-order valence-electron chi connectivity index (χ2n) is 5.64. The zero-order chi connectivity index (χ0) is 19.1. The topological polar surface area (TPSA) is 84.5 Å². The molecule has 0 saturated carbocycles. The minimum atomic E-state index is -1.02. The number of rotatable bonds is 6. The molecule has 0 radical (unpaired) electrons. The van der Waals surface area contributed by atoms with Gasteiger partial charge >= 0.3 is 5.97 Å². The monoisotopic (exact) mass is 374 g/mol. The van der Waals surface area contributed by atoms with Crippen molar-refractivity contribution in [2.75, 3.05) is 5.32 Å². The van der Waals surface area contributed by atoms with Crippen molar-refractivity contribution >= 4 is 35.1 Å². The molecule has 2 rings (SSSR count). The van der Waals surface area contributed by atoms with E-state index in [9.17, 15) is 14.4 Å². The third-order valence-electron chi connectivity index (χ3n) is 3.51. The number of hydrogen-bond acceptors (Lipinski definition) is 4. The molecule has 0 heterocycles. The highest BCUT2D eigenvalue weighted by Gasteiger charge is 2.23. The number of benzene rings is 2. The number of ether oxygens (including phenoxy) is 1. The highest BCUT2D eigenvalue weighted by Crippen LogP contribution is 2.14. The van der Waals surface area contributed by atoms with Gasteiger partial charge in [0.15, 0.2) is 6.10 Å². The molecule has 0 bridgehead atoms. The van der Waals surface area contributed by atoms with Crippen molar-refractivity contribution in [3.05, 3.63) is 65.2 Å². The van der Waals surface area contributed by atoms with Crippen molar-refractivity contribution in [1.29, 1.82) is 0 Å². The zero-order valence-corrected chi connectivity index (χ0v) is 15.1. The van der Waals surface area contributed by atoms with E-state index in [2.05, 4.69) is 10.6 Å².